The average Bonchev–Trinajstić information content (AvgIpc) is 3.29. The molecule has 138 valence electrons. The number of aromatic nitrogens is 1. The molecule has 0 amide bonds. The van der Waals surface area contributed by atoms with Crippen LogP contribution in [0.25, 0.3) is 28.0 Å². The summed E-state index contributed by atoms with van der Waals surface area (Å²) in [4.78, 5) is 4.58. The standard InChI is InChI=1S/C17H13F3N2OS.C2H6/c18-17(19,20)12-2-1-11-7-15(23-14(11)8-12)13-9-24-16(22-13)10-3-5-21-6-4-10;1-2/h1-3,7-9,21H,4-6H2;1-2H3. The van der Waals surface area contributed by atoms with Crippen molar-refractivity contribution >= 4 is 27.9 Å². The fraction of sp³-hybridized carbons (Fsp3) is 0.316. The molecule has 7 heteroatoms. The Morgan fingerprint density at radius 2 is 2.00 bits per heavy atom. The van der Waals surface area contributed by atoms with Crippen LogP contribution in [0.15, 0.2) is 40.1 Å². The van der Waals surface area contributed by atoms with Crippen molar-refractivity contribution < 1.29 is 17.6 Å². The number of thiazole rings is 1. The molecule has 0 radical (unpaired) electrons. The van der Waals surface area contributed by atoms with Crippen molar-refractivity contribution in [3.63, 3.8) is 0 Å². The van der Waals surface area contributed by atoms with Gasteiger partial charge in [-0.15, -0.1) is 11.3 Å². The molecule has 1 aliphatic heterocycles. The Kier molecular flexibility index (Phi) is 5.48. The molecule has 0 spiro atoms. The number of furan rings is 1. The van der Waals surface area contributed by atoms with Gasteiger partial charge in [-0.2, -0.15) is 13.2 Å². The van der Waals surface area contributed by atoms with Gasteiger partial charge in [0.05, 0.1) is 5.56 Å². The number of nitrogens with zero attached hydrogens (tertiary/aromatic N) is 1. The molecule has 0 aliphatic carbocycles. The highest BCUT2D eigenvalue weighted by molar-refractivity contribution is 7.11. The third-order valence-electron chi connectivity index (χ3n) is 3.94. The average molecular weight is 380 g/mol. The van der Waals surface area contributed by atoms with E-state index in [4.69, 9.17) is 4.42 Å². The van der Waals surface area contributed by atoms with Crippen molar-refractivity contribution in [3.8, 4) is 11.5 Å². The zero-order chi connectivity index (χ0) is 18.7. The molecule has 0 unspecified atom stereocenters. The number of fused-ring (bicyclic) bond motifs is 1. The molecule has 4 rings (SSSR count). The second kappa shape index (κ2) is 7.63. The SMILES string of the molecule is CC.FC(F)(F)c1ccc2cc(-c3csc(C4=CCNCC4)n3)oc2c1. The Balaban J connectivity index is 0.000000948. The van der Waals surface area contributed by atoms with E-state index >= 15 is 0 Å². The fourth-order valence-corrected chi connectivity index (χ4v) is 3.56. The van der Waals surface area contributed by atoms with E-state index < -0.39 is 11.7 Å². The molecule has 3 heterocycles. The van der Waals surface area contributed by atoms with Crippen LogP contribution >= 0.6 is 11.3 Å². The maximum Gasteiger partial charge on any atom is 0.416 e. The molecule has 2 aromatic heterocycles. The van der Waals surface area contributed by atoms with Crippen LogP contribution in [0.5, 0.6) is 0 Å². The fourth-order valence-electron chi connectivity index (χ4n) is 2.68. The second-order valence-corrected chi connectivity index (χ2v) is 6.44. The lowest BCUT2D eigenvalue weighted by molar-refractivity contribution is -0.137. The van der Waals surface area contributed by atoms with Gasteiger partial charge in [-0.3, -0.25) is 0 Å². The van der Waals surface area contributed by atoms with Gasteiger partial charge in [0.2, 0.25) is 0 Å². The van der Waals surface area contributed by atoms with Gasteiger partial charge in [0.15, 0.2) is 5.76 Å². The third-order valence-corrected chi connectivity index (χ3v) is 4.86. The summed E-state index contributed by atoms with van der Waals surface area (Å²) in [5, 5.41) is 6.69. The minimum Gasteiger partial charge on any atom is -0.454 e. The van der Waals surface area contributed by atoms with Crippen molar-refractivity contribution in [1.82, 2.24) is 10.3 Å². The number of nitrogens with one attached hydrogen (secondary N) is 1. The molecule has 1 aliphatic rings. The number of halogens is 3. The largest absolute Gasteiger partial charge is 0.454 e. The van der Waals surface area contributed by atoms with Crippen LogP contribution in [0.4, 0.5) is 13.2 Å². The molecular formula is C19H19F3N2OS. The Labute approximate surface area is 153 Å². The van der Waals surface area contributed by atoms with Crippen LogP contribution in [0.3, 0.4) is 0 Å². The zero-order valence-corrected chi connectivity index (χ0v) is 15.3. The van der Waals surface area contributed by atoms with Crippen molar-refractivity contribution in [1.29, 1.82) is 0 Å². The second-order valence-electron chi connectivity index (χ2n) is 5.58. The Hall–Kier alpha value is -2.12. The van der Waals surface area contributed by atoms with E-state index in [2.05, 4.69) is 16.4 Å². The lowest BCUT2D eigenvalue weighted by Crippen LogP contribution is -2.19. The van der Waals surface area contributed by atoms with Crippen molar-refractivity contribution in [2.45, 2.75) is 26.4 Å². The summed E-state index contributed by atoms with van der Waals surface area (Å²) in [7, 11) is 0. The Bertz CT molecular complexity index is 924. The van der Waals surface area contributed by atoms with Gasteiger partial charge in [-0.05, 0) is 36.7 Å². The highest BCUT2D eigenvalue weighted by Crippen LogP contribution is 2.35. The number of hydrogen-bond acceptors (Lipinski definition) is 4. The third kappa shape index (κ3) is 3.83. The summed E-state index contributed by atoms with van der Waals surface area (Å²) >= 11 is 1.52. The topological polar surface area (TPSA) is 38.1 Å². The van der Waals surface area contributed by atoms with Crippen molar-refractivity contribution in [2.75, 3.05) is 13.1 Å². The van der Waals surface area contributed by atoms with Crippen molar-refractivity contribution in [3.05, 3.63) is 46.3 Å². The van der Waals surface area contributed by atoms with E-state index in [1.54, 1.807) is 6.07 Å². The summed E-state index contributed by atoms with van der Waals surface area (Å²) in [5.41, 5.74) is 1.35. The zero-order valence-electron chi connectivity index (χ0n) is 14.5. The van der Waals surface area contributed by atoms with Gasteiger partial charge in [-0.1, -0.05) is 26.0 Å². The summed E-state index contributed by atoms with van der Waals surface area (Å²) in [5.74, 6) is 0.487. The van der Waals surface area contributed by atoms with Gasteiger partial charge >= 0.3 is 6.18 Å². The number of rotatable bonds is 2. The minimum absolute atomic E-state index is 0.218. The molecule has 0 saturated heterocycles. The van der Waals surface area contributed by atoms with Crippen LogP contribution in [-0.4, -0.2) is 18.1 Å². The van der Waals surface area contributed by atoms with E-state index in [1.807, 2.05) is 19.2 Å². The van der Waals surface area contributed by atoms with Crippen LogP contribution in [-0.2, 0) is 6.18 Å². The van der Waals surface area contributed by atoms with E-state index in [0.717, 1.165) is 36.7 Å². The summed E-state index contributed by atoms with van der Waals surface area (Å²) in [6.45, 7) is 5.75. The van der Waals surface area contributed by atoms with Gasteiger partial charge in [-0.25, -0.2) is 4.98 Å². The van der Waals surface area contributed by atoms with Gasteiger partial charge < -0.3 is 9.73 Å². The van der Waals surface area contributed by atoms with Crippen LogP contribution in [0, 0.1) is 0 Å². The van der Waals surface area contributed by atoms with Gasteiger partial charge in [0, 0.05) is 17.3 Å². The lowest BCUT2D eigenvalue weighted by atomic mass is 10.1. The molecule has 26 heavy (non-hydrogen) atoms. The molecule has 1 N–H and O–H groups in total. The molecule has 0 saturated carbocycles. The van der Waals surface area contributed by atoms with Crippen LogP contribution in [0.1, 0.15) is 30.8 Å². The molecular weight excluding hydrogens is 361 g/mol. The van der Waals surface area contributed by atoms with Crippen molar-refractivity contribution in [2.24, 2.45) is 0 Å². The first kappa shape index (κ1) is 18.7. The molecule has 0 atom stereocenters. The lowest BCUT2D eigenvalue weighted by Gasteiger charge is -2.11. The predicted octanol–water partition coefficient (Wildman–Crippen LogP) is 5.98. The summed E-state index contributed by atoms with van der Waals surface area (Å²) in [6.07, 6.45) is -1.35. The minimum atomic E-state index is -4.38. The number of alkyl halides is 3. The first-order valence-corrected chi connectivity index (χ1v) is 9.35. The first-order chi connectivity index (χ1) is 12.5. The molecule has 3 nitrogen and oxygen atoms in total. The summed E-state index contributed by atoms with van der Waals surface area (Å²) in [6, 6.07) is 5.24. The Morgan fingerprint density at radius 1 is 1.19 bits per heavy atom. The highest BCUT2D eigenvalue weighted by Gasteiger charge is 2.31. The van der Waals surface area contributed by atoms with Gasteiger partial charge in [0.25, 0.3) is 0 Å². The summed E-state index contributed by atoms with van der Waals surface area (Å²) < 4.78 is 44.0. The van der Waals surface area contributed by atoms with Crippen LogP contribution in [0.2, 0.25) is 0 Å². The predicted molar refractivity (Wildman–Crippen MR) is 99.1 cm³/mol. The maximum absolute atomic E-state index is 12.8. The molecule has 1 aromatic carbocycles. The molecule has 3 aromatic rings. The van der Waals surface area contributed by atoms with Crippen LogP contribution < -0.4 is 5.32 Å². The molecule has 0 fully saturated rings. The van der Waals surface area contributed by atoms with E-state index in [0.29, 0.717) is 16.8 Å². The van der Waals surface area contributed by atoms with E-state index in [-0.39, 0.29) is 5.58 Å². The normalized spacial score (nSPS) is 14.7. The monoisotopic (exact) mass is 380 g/mol. The maximum atomic E-state index is 12.8. The number of hydrogen-bond donors (Lipinski definition) is 1. The quantitative estimate of drug-likeness (QED) is 0.594. The highest BCUT2D eigenvalue weighted by atomic mass is 32.1. The van der Waals surface area contributed by atoms with E-state index in [9.17, 15) is 13.2 Å². The number of benzene rings is 1. The Morgan fingerprint density at radius 3 is 2.69 bits per heavy atom. The van der Waals surface area contributed by atoms with E-state index in [1.165, 1.54) is 23.0 Å². The smallest absolute Gasteiger partial charge is 0.416 e. The van der Waals surface area contributed by atoms with Gasteiger partial charge in [0.1, 0.15) is 16.3 Å². The molecule has 0 bridgehead atoms. The first-order valence-electron chi connectivity index (χ1n) is 8.47.